The van der Waals surface area contributed by atoms with Gasteiger partial charge in [0.2, 0.25) is 11.8 Å². The zero-order valence-corrected chi connectivity index (χ0v) is 16.2. The Morgan fingerprint density at radius 2 is 1.76 bits per heavy atom. The number of hydrogen-bond donors (Lipinski definition) is 2. The van der Waals surface area contributed by atoms with E-state index >= 15 is 0 Å². The first-order valence-corrected chi connectivity index (χ1v) is 9.74. The molecule has 1 unspecified atom stereocenters. The molecule has 4 amide bonds. The van der Waals surface area contributed by atoms with Crippen molar-refractivity contribution in [2.45, 2.75) is 38.6 Å². The molecule has 3 N–H and O–H groups in total. The summed E-state index contributed by atoms with van der Waals surface area (Å²) in [5.41, 5.74) is 6.15. The molecule has 3 heterocycles. The van der Waals surface area contributed by atoms with Gasteiger partial charge in [-0.2, -0.15) is 0 Å². The van der Waals surface area contributed by atoms with Crippen molar-refractivity contribution in [2.75, 3.05) is 24.5 Å². The highest BCUT2D eigenvalue weighted by Crippen LogP contribution is 2.36. The summed E-state index contributed by atoms with van der Waals surface area (Å²) in [4.78, 5) is 51.9. The Bertz CT molecular complexity index is 923. The van der Waals surface area contributed by atoms with Gasteiger partial charge in [0.05, 0.1) is 16.8 Å². The Morgan fingerprint density at radius 3 is 2.34 bits per heavy atom. The van der Waals surface area contributed by atoms with E-state index in [-0.39, 0.29) is 35.1 Å². The Labute approximate surface area is 167 Å². The van der Waals surface area contributed by atoms with Crippen molar-refractivity contribution in [3.8, 4) is 0 Å². The lowest BCUT2D eigenvalue weighted by Gasteiger charge is -2.40. The van der Waals surface area contributed by atoms with E-state index in [0.29, 0.717) is 19.6 Å². The third-order valence-electron chi connectivity index (χ3n) is 6.31. The molecule has 2 fully saturated rings. The van der Waals surface area contributed by atoms with Crippen LogP contribution in [0.5, 0.6) is 0 Å². The summed E-state index contributed by atoms with van der Waals surface area (Å²) < 4.78 is 14.8. The first kappa shape index (κ1) is 19.5. The first-order chi connectivity index (χ1) is 13.7. The van der Waals surface area contributed by atoms with E-state index in [9.17, 15) is 23.6 Å². The van der Waals surface area contributed by atoms with Crippen LogP contribution in [0.3, 0.4) is 0 Å². The summed E-state index contributed by atoms with van der Waals surface area (Å²) >= 11 is 0. The fourth-order valence-corrected chi connectivity index (χ4v) is 4.21. The molecular formula is C20H23FN4O4. The lowest BCUT2D eigenvalue weighted by atomic mass is 9.80. The summed E-state index contributed by atoms with van der Waals surface area (Å²) in [7, 11) is 0. The third kappa shape index (κ3) is 3.19. The van der Waals surface area contributed by atoms with E-state index in [1.807, 2.05) is 4.90 Å². The minimum atomic E-state index is -1.06. The van der Waals surface area contributed by atoms with Crippen molar-refractivity contribution >= 4 is 29.3 Å². The van der Waals surface area contributed by atoms with Gasteiger partial charge >= 0.3 is 0 Å². The minimum Gasteiger partial charge on any atom is -0.369 e. The fraction of sp³-hybridized carbons (Fsp3) is 0.500. The normalized spacial score (nSPS) is 24.0. The number of carbonyl (C=O) groups is 4. The molecule has 1 aromatic carbocycles. The van der Waals surface area contributed by atoms with Gasteiger partial charge in [0.15, 0.2) is 0 Å². The fourth-order valence-electron chi connectivity index (χ4n) is 4.21. The molecule has 9 heteroatoms. The standard InChI is InChI=1S/C20H23FN4O4/c1-20(10-22)4-6-24(7-5-20)15-9-12-11(8-13(15)21)18(28)25(19(12)29)14-2-3-16(26)23-17(14)27/h8-9,14H,2-7,10,22H2,1H3,(H,23,26,27). The summed E-state index contributed by atoms with van der Waals surface area (Å²) in [5, 5.41) is 2.15. The maximum Gasteiger partial charge on any atom is 0.262 e. The molecule has 2 saturated heterocycles. The molecule has 0 aliphatic carbocycles. The number of benzene rings is 1. The molecule has 0 bridgehead atoms. The molecule has 3 aliphatic rings. The second-order valence-electron chi connectivity index (χ2n) is 8.30. The van der Waals surface area contributed by atoms with Crippen LogP contribution in [0.2, 0.25) is 0 Å². The molecule has 4 rings (SSSR count). The van der Waals surface area contributed by atoms with Crippen LogP contribution in [0, 0.1) is 11.2 Å². The summed E-state index contributed by atoms with van der Waals surface area (Å²) in [6, 6.07) is 1.42. The maximum absolute atomic E-state index is 14.8. The van der Waals surface area contributed by atoms with Gasteiger partial charge in [0.1, 0.15) is 11.9 Å². The van der Waals surface area contributed by atoms with E-state index in [2.05, 4.69) is 12.2 Å². The number of nitrogens with two attached hydrogens (primary N) is 1. The Balaban J connectivity index is 1.62. The van der Waals surface area contributed by atoms with E-state index < -0.39 is 35.5 Å². The van der Waals surface area contributed by atoms with Gasteiger partial charge in [-0.05, 0) is 43.4 Å². The number of nitrogens with one attached hydrogen (secondary N) is 1. The number of nitrogens with zero attached hydrogens (tertiary/aromatic N) is 2. The van der Waals surface area contributed by atoms with E-state index in [0.717, 1.165) is 23.8 Å². The Kier molecular flexibility index (Phi) is 4.65. The zero-order valence-electron chi connectivity index (χ0n) is 16.2. The van der Waals surface area contributed by atoms with Gasteiger partial charge in [-0.25, -0.2) is 4.39 Å². The highest BCUT2D eigenvalue weighted by atomic mass is 19.1. The van der Waals surface area contributed by atoms with Crippen LogP contribution in [0.25, 0.3) is 0 Å². The zero-order chi connectivity index (χ0) is 20.9. The highest BCUT2D eigenvalue weighted by molar-refractivity contribution is 6.23. The molecule has 29 heavy (non-hydrogen) atoms. The van der Waals surface area contributed by atoms with Crippen LogP contribution >= 0.6 is 0 Å². The monoisotopic (exact) mass is 402 g/mol. The van der Waals surface area contributed by atoms with Crippen LogP contribution in [-0.2, 0) is 9.59 Å². The lowest BCUT2D eigenvalue weighted by molar-refractivity contribution is -0.136. The van der Waals surface area contributed by atoms with Crippen molar-refractivity contribution in [1.82, 2.24) is 10.2 Å². The molecule has 8 nitrogen and oxygen atoms in total. The van der Waals surface area contributed by atoms with E-state index in [1.54, 1.807) is 0 Å². The number of rotatable bonds is 3. The van der Waals surface area contributed by atoms with Gasteiger partial charge in [-0.3, -0.25) is 29.4 Å². The predicted molar refractivity (Wildman–Crippen MR) is 102 cm³/mol. The molecule has 154 valence electrons. The van der Waals surface area contributed by atoms with Crippen molar-refractivity contribution in [3.63, 3.8) is 0 Å². The lowest BCUT2D eigenvalue weighted by Crippen LogP contribution is -2.54. The topological polar surface area (TPSA) is 113 Å². The largest absolute Gasteiger partial charge is 0.369 e. The van der Waals surface area contributed by atoms with Crippen molar-refractivity contribution in [3.05, 3.63) is 29.1 Å². The van der Waals surface area contributed by atoms with Gasteiger partial charge in [-0.1, -0.05) is 6.92 Å². The van der Waals surface area contributed by atoms with Crippen LogP contribution < -0.4 is 16.0 Å². The molecule has 1 aromatic rings. The van der Waals surface area contributed by atoms with Crippen molar-refractivity contribution in [2.24, 2.45) is 11.1 Å². The molecule has 0 radical (unpaired) electrons. The number of halogens is 1. The number of piperidine rings is 2. The average Bonchev–Trinajstić information content (AvgIpc) is 2.92. The molecular weight excluding hydrogens is 379 g/mol. The average molecular weight is 402 g/mol. The number of fused-ring (bicyclic) bond motifs is 1. The third-order valence-corrected chi connectivity index (χ3v) is 6.31. The van der Waals surface area contributed by atoms with Gasteiger partial charge < -0.3 is 10.6 Å². The number of amides is 4. The Morgan fingerprint density at radius 1 is 1.14 bits per heavy atom. The molecule has 0 spiro atoms. The molecule has 0 saturated carbocycles. The van der Waals surface area contributed by atoms with E-state index in [1.165, 1.54) is 6.07 Å². The predicted octanol–water partition coefficient (Wildman–Crippen LogP) is 0.792. The quantitative estimate of drug-likeness (QED) is 0.723. The maximum atomic E-state index is 14.8. The highest BCUT2D eigenvalue weighted by Gasteiger charge is 2.45. The van der Waals surface area contributed by atoms with E-state index in [4.69, 9.17) is 5.73 Å². The number of hydrogen-bond acceptors (Lipinski definition) is 6. The first-order valence-electron chi connectivity index (χ1n) is 9.74. The smallest absolute Gasteiger partial charge is 0.262 e. The van der Waals surface area contributed by atoms with Crippen LogP contribution in [0.15, 0.2) is 12.1 Å². The second-order valence-corrected chi connectivity index (χ2v) is 8.30. The summed E-state index contributed by atoms with van der Waals surface area (Å²) in [5.74, 6) is -3.05. The van der Waals surface area contributed by atoms with Crippen LogP contribution in [-0.4, -0.2) is 54.2 Å². The Hall–Kier alpha value is -2.81. The summed E-state index contributed by atoms with van der Waals surface area (Å²) in [6.07, 6.45) is 1.71. The van der Waals surface area contributed by atoms with Gasteiger partial charge in [0.25, 0.3) is 11.8 Å². The van der Waals surface area contributed by atoms with Crippen molar-refractivity contribution < 1.29 is 23.6 Å². The van der Waals surface area contributed by atoms with Gasteiger partial charge in [-0.15, -0.1) is 0 Å². The minimum absolute atomic E-state index is 0.0120. The SMILES string of the molecule is CC1(CN)CCN(c2cc3c(cc2F)C(=O)N(C2CCC(=O)NC2=O)C3=O)CC1. The second kappa shape index (κ2) is 6.91. The van der Waals surface area contributed by atoms with Crippen molar-refractivity contribution in [1.29, 1.82) is 0 Å². The van der Waals surface area contributed by atoms with Gasteiger partial charge in [0, 0.05) is 19.5 Å². The molecule has 3 aliphatic heterocycles. The number of carbonyl (C=O) groups excluding carboxylic acids is 4. The number of anilines is 1. The summed E-state index contributed by atoms with van der Waals surface area (Å²) in [6.45, 7) is 3.86. The number of imide groups is 2. The van der Waals surface area contributed by atoms with Crippen LogP contribution in [0.1, 0.15) is 53.3 Å². The molecule has 1 atom stereocenters. The van der Waals surface area contributed by atoms with Crippen LogP contribution in [0.4, 0.5) is 10.1 Å². The molecule has 0 aromatic heterocycles.